The number of para-hydroxylation sites is 1. The fraction of sp³-hybridized carbons (Fsp3) is 0.241. The van der Waals surface area contributed by atoms with Crippen molar-refractivity contribution in [3.05, 3.63) is 83.3 Å². The minimum atomic E-state index is -0.689. The number of hydrogen-bond acceptors (Lipinski definition) is 7. The molecule has 0 radical (unpaired) electrons. The third-order valence-corrected chi connectivity index (χ3v) is 6.79. The molecule has 0 bridgehead atoms. The molecule has 0 spiro atoms. The molecule has 0 saturated carbocycles. The van der Waals surface area contributed by atoms with Gasteiger partial charge in [0.1, 0.15) is 28.9 Å². The Labute approximate surface area is 223 Å². The van der Waals surface area contributed by atoms with Crippen LogP contribution in [-0.2, 0) is 19.4 Å². The molecule has 5 aromatic rings. The van der Waals surface area contributed by atoms with Crippen LogP contribution in [0.1, 0.15) is 30.2 Å². The maximum Gasteiger partial charge on any atom is 0.182 e. The molecule has 198 valence electrons. The third-order valence-electron chi connectivity index (χ3n) is 6.79. The maximum absolute atomic E-state index is 14.9. The lowest BCUT2D eigenvalue weighted by Crippen LogP contribution is -2.08. The van der Waals surface area contributed by atoms with Gasteiger partial charge in [-0.05, 0) is 38.3 Å². The molecule has 2 aromatic carbocycles. The number of anilines is 2. The smallest absolute Gasteiger partial charge is 0.182 e. The van der Waals surface area contributed by atoms with Gasteiger partial charge in [0, 0.05) is 40.5 Å². The number of benzene rings is 2. The summed E-state index contributed by atoms with van der Waals surface area (Å²) in [5.41, 5.74) is 3.91. The van der Waals surface area contributed by atoms with Gasteiger partial charge in [-0.2, -0.15) is 5.10 Å². The Morgan fingerprint density at radius 3 is 2.67 bits per heavy atom. The van der Waals surface area contributed by atoms with Gasteiger partial charge in [-0.15, -0.1) is 0 Å². The quantitative estimate of drug-likeness (QED) is 0.270. The van der Waals surface area contributed by atoms with Crippen LogP contribution in [0.5, 0.6) is 11.5 Å². The zero-order valence-corrected chi connectivity index (χ0v) is 21.5. The highest BCUT2D eigenvalue weighted by atomic mass is 19.1. The molecule has 1 N–H and O–H groups in total. The number of nitrogens with zero attached hydrogens (tertiary/aromatic N) is 5. The summed E-state index contributed by atoms with van der Waals surface area (Å²) in [6.45, 7) is 1.97. The normalized spacial score (nSPS) is 12.5. The molecule has 0 fully saturated rings. The Balaban J connectivity index is 1.44. The molecule has 6 rings (SSSR count). The molecule has 39 heavy (non-hydrogen) atoms. The minimum absolute atomic E-state index is 0.0970. The van der Waals surface area contributed by atoms with Crippen molar-refractivity contribution in [1.29, 1.82) is 0 Å². The Hall–Kier alpha value is -4.60. The number of rotatable bonds is 8. The van der Waals surface area contributed by atoms with Crippen molar-refractivity contribution in [2.45, 2.75) is 32.7 Å². The Morgan fingerprint density at radius 1 is 1.05 bits per heavy atom. The first kappa shape index (κ1) is 24.7. The van der Waals surface area contributed by atoms with Crippen molar-refractivity contribution in [2.75, 3.05) is 19.0 Å². The fourth-order valence-corrected chi connectivity index (χ4v) is 4.96. The van der Waals surface area contributed by atoms with Crippen LogP contribution in [0.15, 0.2) is 54.9 Å². The van der Waals surface area contributed by atoms with Crippen LogP contribution in [-0.4, -0.2) is 38.4 Å². The van der Waals surface area contributed by atoms with E-state index in [0.29, 0.717) is 29.7 Å². The monoisotopic (exact) mass is 528 g/mol. The van der Waals surface area contributed by atoms with E-state index in [4.69, 9.17) is 24.5 Å². The van der Waals surface area contributed by atoms with Gasteiger partial charge in [0.25, 0.3) is 0 Å². The van der Waals surface area contributed by atoms with Gasteiger partial charge in [0.2, 0.25) is 0 Å². The summed E-state index contributed by atoms with van der Waals surface area (Å²) in [7, 11) is 1.59. The van der Waals surface area contributed by atoms with Gasteiger partial charge in [-0.25, -0.2) is 18.7 Å². The molecular formula is C29H26F2N6O2. The SMILES string of the molecule is CCOc1cc(F)c(Cn2nc(-c3nc4c(c(Nc5ccncc5OC)n3)CCC4)c3ccccc32)c(F)c1. The Kier molecular flexibility index (Phi) is 6.52. The first-order chi connectivity index (χ1) is 19.1. The minimum Gasteiger partial charge on any atom is -0.494 e. The van der Waals surface area contributed by atoms with Crippen LogP contribution < -0.4 is 14.8 Å². The highest BCUT2D eigenvalue weighted by molar-refractivity contribution is 5.92. The number of aryl methyl sites for hydroxylation is 1. The number of nitrogens with one attached hydrogen (secondary N) is 1. The van der Waals surface area contributed by atoms with Crippen molar-refractivity contribution in [2.24, 2.45) is 0 Å². The number of aromatic nitrogens is 5. The summed E-state index contributed by atoms with van der Waals surface area (Å²) in [4.78, 5) is 13.9. The Morgan fingerprint density at radius 2 is 1.87 bits per heavy atom. The summed E-state index contributed by atoms with van der Waals surface area (Å²) >= 11 is 0. The number of methoxy groups -OCH3 is 1. The molecule has 10 heteroatoms. The van der Waals surface area contributed by atoms with Crippen molar-refractivity contribution in [1.82, 2.24) is 24.7 Å². The fourth-order valence-electron chi connectivity index (χ4n) is 4.96. The highest BCUT2D eigenvalue weighted by Crippen LogP contribution is 2.35. The van der Waals surface area contributed by atoms with Gasteiger partial charge in [0.05, 0.1) is 37.7 Å². The molecule has 0 saturated heterocycles. The standard InChI is InChI=1S/C29H26F2N6O2/c1-3-39-17-13-21(30)20(22(31)14-17)16-37-25-10-5-4-7-19(25)27(36-37)29-33-23-9-6-8-18(23)28(35-29)34-24-11-12-32-15-26(24)38-2/h4-5,7,10-15H,3,6,8-9,16H2,1-2H3,(H,32,33,34,35). The second-order valence-corrected chi connectivity index (χ2v) is 9.20. The van der Waals surface area contributed by atoms with Crippen molar-refractivity contribution < 1.29 is 18.3 Å². The van der Waals surface area contributed by atoms with E-state index >= 15 is 0 Å². The molecule has 0 amide bonds. The number of ether oxygens (including phenoxy) is 2. The lowest BCUT2D eigenvalue weighted by atomic mass is 10.1. The molecule has 3 heterocycles. The van der Waals surface area contributed by atoms with E-state index in [1.54, 1.807) is 31.1 Å². The van der Waals surface area contributed by atoms with Crippen LogP contribution in [0.2, 0.25) is 0 Å². The Bertz CT molecular complexity index is 1660. The van der Waals surface area contributed by atoms with Crippen LogP contribution >= 0.6 is 0 Å². The molecular weight excluding hydrogens is 502 g/mol. The highest BCUT2D eigenvalue weighted by Gasteiger charge is 2.24. The lowest BCUT2D eigenvalue weighted by Gasteiger charge is -2.14. The summed E-state index contributed by atoms with van der Waals surface area (Å²) < 4.78 is 42.1. The number of halogens is 2. The van der Waals surface area contributed by atoms with E-state index in [2.05, 4.69) is 10.3 Å². The van der Waals surface area contributed by atoms with E-state index in [1.165, 1.54) is 12.1 Å². The van der Waals surface area contributed by atoms with E-state index in [9.17, 15) is 8.78 Å². The predicted molar refractivity (Wildman–Crippen MR) is 143 cm³/mol. The second-order valence-electron chi connectivity index (χ2n) is 9.20. The molecule has 3 aromatic heterocycles. The topological polar surface area (TPSA) is 87.0 Å². The number of pyridine rings is 1. The van der Waals surface area contributed by atoms with Crippen molar-refractivity contribution in [3.63, 3.8) is 0 Å². The van der Waals surface area contributed by atoms with E-state index in [0.717, 1.165) is 47.1 Å². The van der Waals surface area contributed by atoms with E-state index < -0.39 is 11.6 Å². The van der Waals surface area contributed by atoms with Crippen LogP contribution in [0.25, 0.3) is 22.4 Å². The van der Waals surface area contributed by atoms with Crippen molar-refractivity contribution in [3.8, 4) is 23.0 Å². The van der Waals surface area contributed by atoms with Gasteiger partial charge in [-0.3, -0.25) is 9.67 Å². The maximum atomic E-state index is 14.9. The van der Waals surface area contributed by atoms with Gasteiger partial charge >= 0.3 is 0 Å². The zero-order chi connectivity index (χ0) is 26.9. The molecule has 0 aliphatic heterocycles. The number of fused-ring (bicyclic) bond motifs is 2. The largest absolute Gasteiger partial charge is 0.494 e. The summed E-state index contributed by atoms with van der Waals surface area (Å²) in [5.74, 6) is 0.489. The third kappa shape index (κ3) is 4.62. The molecule has 1 aliphatic carbocycles. The van der Waals surface area contributed by atoms with Gasteiger partial charge < -0.3 is 14.8 Å². The first-order valence-corrected chi connectivity index (χ1v) is 12.8. The average molecular weight is 529 g/mol. The summed E-state index contributed by atoms with van der Waals surface area (Å²) in [6.07, 6.45) is 5.98. The zero-order valence-electron chi connectivity index (χ0n) is 21.5. The molecule has 0 unspecified atom stereocenters. The van der Waals surface area contributed by atoms with Crippen LogP contribution in [0, 0.1) is 11.6 Å². The lowest BCUT2D eigenvalue weighted by molar-refractivity contribution is 0.335. The van der Waals surface area contributed by atoms with Crippen LogP contribution in [0.4, 0.5) is 20.3 Å². The van der Waals surface area contributed by atoms with Gasteiger partial charge in [0.15, 0.2) is 11.6 Å². The molecule has 8 nitrogen and oxygen atoms in total. The molecule has 0 atom stereocenters. The number of hydrogen-bond donors (Lipinski definition) is 1. The van der Waals surface area contributed by atoms with Crippen molar-refractivity contribution >= 4 is 22.4 Å². The average Bonchev–Trinajstić information content (AvgIpc) is 3.56. The van der Waals surface area contributed by atoms with Crippen LogP contribution in [0.3, 0.4) is 0 Å². The summed E-state index contributed by atoms with van der Waals surface area (Å²) in [6, 6.07) is 11.8. The molecule has 1 aliphatic rings. The summed E-state index contributed by atoms with van der Waals surface area (Å²) in [5, 5.41) is 8.95. The van der Waals surface area contributed by atoms with E-state index in [-0.39, 0.29) is 17.9 Å². The van der Waals surface area contributed by atoms with E-state index in [1.807, 2.05) is 30.3 Å². The second kappa shape index (κ2) is 10.3. The predicted octanol–water partition coefficient (Wildman–Crippen LogP) is 5.85. The van der Waals surface area contributed by atoms with Gasteiger partial charge in [-0.1, -0.05) is 18.2 Å². The first-order valence-electron chi connectivity index (χ1n) is 12.8.